The Bertz CT molecular complexity index is 1040. The standard InChI is InChI=1S/C25H37N5O3S/c1-16-17(2)34-22-20(16)21(27-15-28-22)29-12-9-18(10-13-29)23(31)30-11-7-6-8-19(30)14-26-24(32)33-25(3,4)5/h15,18-19H,6-14H2,1-5H3,(H,26,32). The third-order valence-electron chi connectivity index (χ3n) is 6.88. The van der Waals surface area contributed by atoms with Crippen molar-refractivity contribution in [2.75, 3.05) is 31.1 Å². The maximum absolute atomic E-state index is 13.5. The first-order valence-corrected chi connectivity index (χ1v) is 13.2. The number of nitrogens with zero attached hydrogens (tertiary/aromatic N) is 4. The van der Waals surface area contributed by atoms with Crippen molar-refractivity contribution in [3.8, 4) is 0 Å². The summed E-state index contributed by atoms with van der Waals surface area (Å²) in [6, 6.07) is 0.0321. The molecule has 1 unspecified atom stereocenters. The topological polar surface area (TPSA) is 87.7 Å². The molecular formula is C25H37N5O3S. The molecule has 0 spiro atoms. The third kappa shape index (κ3) is 5.45. The molecule has 0 bridgehead atoms. The molecular weight excluding hydrogens is 450 g/mol. The highest BCUT2D eigenvalue weighted by molar-refractivity contribution is 7.18. The second-order valence-corrected chi connectivity index (χ2v) is 11.7. The van der Waals surface area contributed by atoms with E-state index in [0.29, 0.717) is 6.54 Å². The second kappa shape index (κ2) is 10.1. The van der Waals surface area contributed by atoms with Gasteiger partial charge in [0.1, 0.15) is 22.6 Å². The molecule has 0 aliphatic carbocycles. The summed E-state index contributed by atoms with van der Waals surface area (Å²) < 4.78 is 5.37. The van der Waals surface area contributed by atoms with Gasteiger partial charge in [-0.15, -0.1) is 11.3 Å². The fourth-order valence-electron chi connectivity index (χ4n) is 4.99. The summed E-state index contributed by atoms with van der Waals surface area (Å²) in [4.78, 5) is 41.3. The Kier molecular flexibility index (Phi) is 7.31. The van der Waals surface area contributed by atoms with Crippen LogP contribution in [-0.4, -0.2) is 64.7 Å². The van der Waals surface area contributed by atoms with Gasteiger partial charge in [0.25, 0.3) is 0 Å². The van der Waals surface area contributed by atoms with Crippen LogP contribution in [0.15, 0.2) is 6.33 Å². The molecule has 0 radical (unpaired) electrons. The van der Waals surface area contributed by atoms with Crippen LogP contribution >= 0.6 is 11.3 Å². The number of hydrogen-bond acceptors (Lipinski definition) is 7. The van der Waals surface area contributed by atoms with Crippen LogP contribution in [0.1, 0.15) is 63.3 Å². The predicted molar refractivity (Wildman–Crippen MR) is 135 cm³/mol. The van der Waals surface area contributed by atoms with Crippen molar-refractivity contribution >= 4 is 39.4 Å². The van der Waals surface area contributed by atoms with Crippen LogP contribution in [-0.2, 0) is 9.53 Å². The Morgan fingerprint density at radius 3 is 2.56 bits per heavy atom. The lowest BCUT2D eigenvalue weighted by atomic mass is 9.92. The number of fused-ring (bicyclic) bond motifs is 1. The average molecular weight is 488 g/mol. The molecule has 2 aromatic heterocycles. The normalized spacial score (nSPS) is 20.0. The van der Waals surface area contributed by atoms with Crippen LogP contribution in [0.4, 0.5) is 10.6 Å². The Morgan fingerprint density at radius 2 is 1.85 bits per heavy atom. The molecule has 4 rings (SSSR count). The number of carbonyl (C=O) groups excluding carboxylic acids is 2. The monoisotopic (exact) mass is 487 g/mol. The van der Waals surface area contributed by atoms with Crippen molar-refractivity contribution < 1.29 is 14.3 Å². The number of thiophene rings is 1. The zero-order valence-corrected chi connectivity index (χ0v) is 21.8. The predicted octanol–water partition coefficient (Wildman–Crippen LogP) is 4.43. The fourth-order valence-corrected chi connectivity index (χ4v) is 5.99. The number of likely N-dealkylation sites (tertiary alicyclic amines) is 1. The van der Waals surface area contributed by atoms with Gasteiger partial charge in [0.15, 0.2) is 0 Å². The lowest BCUT2D eigenvalue weighted by Crippen LogP contribution is -2.52. The minimum atomic E-state index is -0.532. The molecule has 2 aromatic rings. The summed E-state index contributed by atoms with van der Waals surface area (Å²) in [5, 5.41) is 4.02. The SMILES string of the molecule is Cc1sc2ncnc(N3CCC(C(=O)N4CCCCC4CNC(=O)OC(C)(C)C)CC3)c2c1C. The van der Waals surface area contributed by atoms with Crippen LogP contribution in [0.3, 0.4) is 0 Å². The van der Waals surface area contributed by atoms with Crippen LogP contribution in [0.2, 0.25) is 0 Å². The highest BCUT2D eigenvalue weighted by Crippen LogP contribution is 2.36. The summed E-state index contributed by atoms with van der Waals surface area (Å²) in [7, 11) is 0. The molecule has 0 saturated carbocycles. The van der Waals surface area contributed by atoms with E-state index in [9.17, 15) is 9.59 Å². The Labute approximate surface area is 206 Å². The first kappa shape index (κ1) is 24.7. The van der Waals surface area contributed by atoms with E-state index in [2.05, 4.69) is 34.0 Å². The highest BCUT2D eigenvalue weighted by Gasteiger charge is 2.34. The lowest BCUT2D eigenvalue weighted by Gasteiger charge is -2.40. The number of piperidine rings is 2. The number of ether oxygens (including phenoxy) is 1. The van der Waals surface area contributed by atoms with Crippen molar-refractivity contribution in [1.29, 1.82) is 0 Å². The number of hydrogen-bond donors (Lipinski definition) is 1. The molecule has 1 N–H and O–H groups in total. The summed E-state index contributed by atoms with van der Waals surface area (Å²) in [5.74, 6) is 1.24. The zero-order valence-electron chi connectivity index (χ0n) is 21.0. The lowest BCUT2D eigenvalue weighted by molar-refractivity contribution is -0.139. The number of nitrogens with one attached hydrogen (secondary N) is 1. The minimum Gasteiger partial charge on any atom is -0.444 e. The van der Waals surface area contributed by atoms with Crippen LogP contribution in [0.25, 0.3) is 10.2 Å². The number of aryl methyl sites for hydroxylation is 2. The molecule has 2 aliphatic rings. The van der Waals surface area contributed by atoms with Crippen molar-refractivity contribution in [3.05, 3.63) is 16.8 Å². The first-order chi connectivity index (χ1) is 16.1. The number of amides is 2. The van der Waals surface area contributed by atoms with Crippen molar-refractivity contribution in [3.63, 3.8) is 0 Å². The van der Waals surface area contributed by atoms with Crippen molar-refractivity contribution in [2.45, 2.75) is 78.4 Å². The van der Waals surface area contributed by atoms with Gasteiger partial charge in [-0.25, -0.2) is 14.8 Å². The molecule has 34 heavy (non-hydrogen) atoms. The van der Waals surface area contributed by atoms with Gasteiger partial charge in [-0.1, -0.05) is 0 Å². The minimum absolute atomic E-state index is 0.0148. The Balaban J connectivity index is 1.37. The van der Waals surface area contributed by atoms with Gasteiger partial charge in [-0.2, -0.15) is 0 Å². The molecule has 2 fully saturated rings. The third-order valence-corrected chi connectivity index (χ3v) is 8.00. The smallest absolute Gasteiger partial charge is 0.407 e. The van der Waals surface area contributed by atoms with Crippen molar-refractivity contribution in [2.24, 2.45) is 5.92 Å². The highest BCUT2D eigenvalue weighted by atomic mass is 32.1. The Morgan fingerprint density at radius 1 is 1.12 bits per heavy atom. The maximum atomic E-state index is 13.5. The molecule has 0 aromatic carbocycles. The molecule has 186 valence electrons. The number of rotatable bonds is 4. The van der Waals surface area contributed by atoms with Gasteiger partial charge in [0.05, 0.1) is 5.39 Å². The van der Waals surface area contributed by atoms with Gasteiger partial charge in [0, 0.05) is 43.0 Å². The summed E-state index contributed by atoms with van der Waals surface area (Å²) in [5.41, 5.74) is 0.720. The number of carbonyl (C=O) groups is 2. The second-order valence-electron chi connectivity index (χ2n) is 10.5. The van der Waals surface area contributed by atoms with Crippen LogP contribution < -0.4 is 10.2 Å². The zero-order chi connectivity index (χ0) is 24.5. The van der Waals surface area contributed by atoms with E-state index in [4.69, 9.17) is 4.74 Å². The van der Waals surface area contributed by atoms with E-state index in [-0.39, 0.29) is 17.9 Å². The quantitative estimate of drug-likeness (QED) is 0.686. The number of alkyl carbamates (subject to hydrolysis) is 1. The van der Waals surface area contributed by atoms with E-state index < -0.39 is 11.7 Å². The molecule has 2 saturated heterocycles. The fraction of sp³-hybridized carbons (Fsp3) is 0.680. The molecule has 2 amide bonds. The summed E-state index contributed by atoms with van der Waals surface area (Å²) in [6.45, 7) is 12.6. The molecule has 2 aliphatic heterocycles. The molecule has 9 heteroatoms. The number of aromatic nitrogens is 2. The van der Waals surface area contributed by atoms with Gasteiger partial charge < -0.3 is 19.9 Å². The number of anilines is 1. The van der Waals surface area contributed by atoms with Gasteiger partial charge in [-0.3, -0.25) is 4.79 Å². The van der Waals surface area contributed by atoms with E-state index in [0.717, 1.165) is 67.8 Å². The largest absolute Gasteiger partial charge is 0.444 e. The summed E-state index contributed by atoms with van der Waals surface area (Å²) >= 11 is 1.71. The van der Waals surface area contributed by atoms with E-state index in [1.165, 1.54) is 10.4 Å². The average Bonchev–Trinajstić information content (AvgIpc) is 3.10. The van der Waals surface area contributed by atoms with Crippen LogP contribution in [0.5, 0.6) is 0 Å². The van der Waals surface area contributed by atoms with Gasteiger partial charge >= 0.3 is 6.09 Å². The Hall–Kier alpha value is -2.42. The van der Waals surface area contributed by atoms with E-state index >= 15 is 0 Å². The van der Waals surface area contributed by atoms with E-state index in [1.807, 2.05) is 25.7 Å². The maximum Gasteiger partial charge on any atom is 0.407 e. The summed E-state index contributed by atoms with van der Waals surface area (Å²) in [6.07, 6.45) is 5.87. The molecule has 1 atom stereocenters. The van der Waals surface area contributed by atoms with Crippen molar-refractivity contribution in [1.82, 2.24) is 20.2 Å². The van der Waals surface area contributed by atoms with Crippen LogP contribution in [0, 0.1) is 19.8 Å². The van der Waals surface area contributed by atoms with Gasteiger partial charge in [0.2, 0.25) is 5.91 Å². The molecule has 4 heterocycles. The molecule has 8 nitrogen and oxygen atoms in total. The first-order valence-electron chi connectivity index (χ1n) is 12.4. The van der Waals surface area contributed by atoms with Gasteiger partial charge in [-0.05, 0) is 72.3 Å². The van der Waals surface area contributed by atoms with E-state index in [1.54, 1.807) is 17.7 Å².